The molecular formula is C45H29N3O. The first-order chi connectivity index (χ1) is 24.3. The largest absolute Gasteiger partial charge is 0.455 e. The van der Waals surface area contributed by atoms with E-state index in [9.17, 15) is 0 Å². The lowest BCUT2D eigenvalue weighted by atomic mass is 10.0. The van der Waals surface area contributed by atoms with E-state index in [0.717, 1.165) is 60.9 Å². The Morgan fingerprint density at radius 3 is 1.18 bits per heavy atom. The summed E-state index contributed by atoms with van der Waals surface area (Å²) in [5.41, 5.74) is 11.3. The fourth-order valence-electron chi connectivity index (χ4n) is 6.42. The predicted molar refractivity (Wildman–Crippen MR) is 200 cm³/mol. The molecule has 0 atom stereocenters. The molecular weight excluding hydrogens is 599 g/mol. The highest BCUT2D eigenvalue weighted by atomic mass is 16.3. The zero-order valence-electron chi connectivity index (χ0n) is 26.5. The minimum Gasteiger partial charge on any atom is -0.455 e. The smallest absolute Gasteiger partial charge is 0.164 e. The van der Waals surface area contributed by atoms with Crippen LogP contribution in [0.4, 0.5) is 0 Å². The van der Waals surface area contributed by atoms with Gasteiger partial charge in [-0.3, -0.25) is 0 Å². The molecule has 0 unspecified atom stereocenters. The van der Waals surface area contributed by atoms with Crippen molar-refractivity contribution in [3.05, 3.63) is 176 Å². The first-order valence-corrected chi connectivity index (χ1v) is 16.4. The molecule has 0 amide bonds. The Labute approximate surface area is 284 Å². The van der Waals surface area contributed by atoms with Crippen molar-refractivity contribution in [1.82, 2.24) is 15.0 Å². The number of rotatable bonds is 6. The fraction of sp³-hybridized carbons (Fsp3) is 0. The Morgan fingerprint density at radius 1 is 0.286 bits per heavy atom. The second-order valence-corrected chi connectivity index (χ2v) is 12.1. The minimum atomic E-state index is 0.618. The molecule has 0 N–H and O–H groups in total. The van der Waals surface area contributed by atoms with Gasteiger partial charge in [0, 0.05) is 33.0 Å². The SMILES string of the molecule is c1ccc(-c2ccc(-c3nc(-c4ccc(-c5ccccc5)cc4)nc(-c4ccc(-c5cccc6c5oc5ccccc56)cc4)n3)cc2)cc1. The van der Waals surface area contributed by atoms with E-state index in [4.69, 9.17) is 19.4 Å². The average molecular weight is 628 g/mol. The quantitative estimate of drug-likeness (QED) is 0.184. The first-order valence-electron chi connectivity index (χ1n) is 16.4. The van der Waals surface area contributed by atoms with Crippen molar-refractivity contribution < 1.29 is 4.42 Å². The van der Waals surface area contributed by atoms with Gasteiger partial charge in [-0.2, -0.15) is 0 Å². The van der Waals surface area contributed by atoms with Crippen LogP contribution in [0.5, 0.6) is 0 Å². The lowest BCUT2D eigenvalue weighted by Gasteiger charge is -2.10. The molecule has 0 aliphatic carbocycles. The Kier molecular flexibility index (Phi) is 7.10. The zero-order chi connectivity index (χ0) is 32.6. The van der Waals surface area contributed by atoms with Crippen molar-refractivity contribution >= 4 is 21.9 Å². The normalized spacial score (nSPS) is 11.3. The highest BCUT2D eigenvalue weighted by Crippen LogP contribution is 2.36. The molecule has 0 saturated heterocycles. The second kappa shape index (κ2) is 12.2. The summed E-state index contributed by atoms with van der Waals surface area (Å²) < 4.78 is 6.32. The van der Waals surface area contributed by atoms with Gasteiger partial charge >= 0.3 is 0 Å². The molecule has 0 aliphatic heterocycles. The lowest BCUT2D eigenvalue weighted by molar-refractivity contribution is 0.670. The number of furan rings is 1. The van der Waals surface area contributed by atoms with Crippen LogP contribution in [0.2, 0.25) is 0 Å². The Morgan fingerprint density at radius 2 is 0.673 bits per heavy atom. The van der Waals surface area contributed by atoms with E-state index in [1.165, 1.54) is 11.1 Å². The molecule has 230 valence electrons. The standard InChI is InChI=1S/C45H29N3O/c1-3-10-30(11-4-1)32-18-24-35(25-19-32)43-46-44(36-26-20-33(21-27-36)31-12-5-2-6-13-31)48-45(47-43)37-28-22-34(23-29-37)38-15-9-16-40-39-14-7-8-17-41(39)49-42(38)40/h1-29H. The van der Waals surface area contributed by atoms with Crippen LogP contribution >= 0.6 is 0 Å². The molecule has 2 heterocycles. The molecule has 0 bridgehead atoms. The van der Waals surface area contributed by atoms with Gasteiger partial charge in [-0.25, -0.2) is 15.0 Å². The van der Waals surface area contributed by atoms with Crippen LogP contribution in [0.3, 0.4) is 0 Å². The summed E-state index contributed by atoms with van der Waals surface area (Å²) in [5, 5.41) is 2.23. The van der Waals surface area contributed by atoms with Crippen molar-refractivity contribution in [3.8, 4) is 67.5 Å². The lowest BCUT2D eigenvalue weighted by Crippen LogP contribution is -2.00. The maximum absolute atomic E-state index is 6.32. The average Bonchev–Trinajstić information content (AvgIpc) is 3.58. The maximum atomic E-state index is 6.32. The molecule has 2 aromatic heterocycles. The van der Waals surface area contributed by atoms with Crippen molar-refractivity contribution in [2.24, 2.45) is 0 Å². The van der Waals surface area contributed by atoms with E-state index in [0.29, 0.717) is 17.5 Å². The fourth-order valence-corrected chi connectivity index (χ4v) is 6.42. The van der Waals surface area contributed by atoms with E-state index in [1.807, 2.05) is 30.3 Å². The summed E-state index contributed by atoms with van der Waals surface area (Å²) in [6.07, 6.45) is 0. The predicted octanol–water partition coefficient (Wildman–Crippen LogP) is 11.8. The third kappa shape index (κ3) is 5.45. The molecule has 0 saturated carbocycles. The topological polar surface area (TPSA) is 51.8 Å². The molecule has 4 heteroatoms. The van der Waals surface area contributed by atoms with Crippen LogP contribution < -0.4 is 0 Å². The van der Waals surface area contributed by atoms with E-state index in [1.54, 1.807) is 0 Å². The molecule has 0 aliphatic rings. The summed E-state index contributed by atoms with van der Waals surface area (Å²) in [5.74, 6) is 1.87. The van der Waals surface area contributed by atoms with Gasteiger partial charge in [0.1, 0.15) is 11.2 Å². The van der Waals surface area contributed by atoms with Crippen LogP contribution in [-0.2, 0) is 0 Å². The summed E-state index contributed by atoms with van der Waals surface area (Å²) in [6, 6.07) is 60.4. The van der Waals surface area contributed by atoms with Crippen LogP contribution in [0.1, 0.15) is 0 Å². The Hall–Kier alpha value is -6.65. The molecule has 0 spiro atoms. The third-order valence-corrected chi connectivity index (χ3v) is 8.99. The van der Waals surface area contributed by atoms with Crippen LogP contribution in [0.25, 0.3) is 89.5 Å². The van der Waals surface area contributed by atoms with E-state index >= 15 is 0 Å². The number of hydrogen-bond donors (Lipinski definition) is 0. The van der Waals surface area contributed by atoms with Gasteiger partial charge in [-0.05, 0) is 33.9 Å². The summed E-state index contributed by atoms with van der Waals surface area (Å²) >= 11 is 0. The second-order valence-electron chi connectivity index (χ2n) is 12.1. The van der Waals surface area contributed by atoms with Gasteiger partial charge in [-0.1, -0.05) is 170 Å². The van der Waals surface area contributed by atoms with Crippen molar-refractivity contribution in [3.63, 3.8) is 0 Å². The maximum Gasteiger partial charge on any atom is 0.164 e. The molecule has 7 aromatic carbocycles. The zero-order valence-corrected chi connectivity index (χ0v) is 26.5. The van der Waals surface area contributed by atoms with Crippen molar-refractivity contribution in [2.45, 2.75) is 0 Å². The summed E-state index contributed by atoms with van der Waals surface area (Å²) in [6.45, 7) is 0. The monoisotopic (exact) mass is 627 g/mol. The van der Waals surface area contributed by atoms with Gasteiger partial charge < -0.3 is 4.42 Å². The number of aromatic nitrogens is 3. The molecule has 49 heavy (non-hydrogen) atoms. The van der Waals surface area contributed by atoms with Gasteiger partial charge in [0.05, 0.1) is 0 Å². The van der Waals surface area contributed by atoms with Crippen molar-refractivity contribution in [2.75, 3.05) is 0 Å². The van der Waals surface area contributed by atoms with E-state index < -0.39 is 0 Å². The summed E-state index contributed by atoms with van der Waals surface area (Å²) in [4.78, 5) is 15.0. The number of para-hydroxylation sites is 2. The van der Waals surface area contributed by atoms with Gasteiger partial charge in [0.15, 0.2) is 17.5 Å². The Bertz CT molecular complexity index is 2460. The van der Waals surface area contributed by atoms with Gasteiger partial charge in [0.25, 0.3) is 0 Å². The molecule has 9 rings (SSSR count). The minimum absolute atomic E-state index is 0.618. The van der Waals surface area contributed by atoms with E-state index in [-0.39, 0.29) is 0 Å². The highest BCUT2D eigenvalue weighted by molar-refractivity contribution is 6.09. The molecule has 0 radical (unpaired) electrons. The van der Waals surface area contributed by atoms with Crippen molar-refractivity contribution in [1.29, 1.82) is 0 Å². The van der Waals surface area contributed by atoms with E-state index in [2.05, 4.69) is 146 Å². The molecule has 4 nitrogen and oxygen atoms in total. The summed E-state index contributed by atoms with van der Waals surface area (Å²) in [7, 11) is 0. The number of benzene rings is 7. The van der Waals surface area contributed by atoms with Crippen LogP contribution in [0, 0.1) is 0 Å². The van der Waals surface area contributed by atoms with Gasteiger partial charge in [-0.15, -0.1) is 0 Å². The highest BCUT2D eigenvalue weighted by Gasteiger charge is 2.15. The molecule has 0 fully saturated rings. The van der Waals surface area contributed by atoms with Crippen LogP contribution in [-0.4, -0.2) is 15.0 Å². The number of fused-ring (bicyclic) bond motifs is 3. The first kappa shape index (κ1) is 28.6. The van der Waals surface area contributed by atoms with Crippen LogP contribution in [0.15, 0.2) is 180 Å². The molecule has 9 aromatic rings. The number of nitrogens with zero attached hydrogens (tertiary/aromatic N) is 3. The van der Waals surface area contributed by atoms with Gasteiger partial charge in [0.2, 0.25) is 0 Å². The Balaban J connectivity index is 1.12. The third-order valence-electron chi connectivity index (χ3n) is 8.99. The number of hydrogen-bond acceptors (Lipinski definition) is 4.